The summed E-state index contributed by atoms with van der Waals surface area (Å²) >= 11 is 8.25. The molecule has 1 aliphatic rings. The molecule has 1 saturated heterocycles. The number of fused-ring (bicyclic) bond motifs is 2. The molecule has 16 N–H and O–H groups in total. The summed E-state index contributed by atoms with van der Waals surface area (Å²) in [5.41, 5.74) is 11.7. The van der Waals surface area contributed by atoms with Crippen molar-refractivity contribution >= 4 is 112 Å². The summed E-state index contributed by atoms with van der Waals surface area (Å²) in [4.78, 5) is 168. The number of hydrogen-bond acceptors (Lipinski definition) is 16. The molecule has 31 heteroatoms. The number of amides is 9. The number of carbonyl (C=O) groups excluding carboxylic acids is 10. The first-order chi connectivity index (χ1) is 44.8. The number of carboxylic acid groups (broad SMARTS) is 1. The average Bonchev–Trinajstić information content (AvgIpc) is 1.58. The first-order valence-corrected chi connectivity index (χ1v) is 31.7. The van der Waals surface area contributed by atoms with Crippen molar-refractivity contribution in [3.05, 3.63) is 120 Å². The summed E-state index contributed by atoms with van der Waals surface area (Å²) in [6, 6.07) is 2.06. The number of likely N-dealkylation sites (tertiary alicyclic amines) is 1. The Kier molecular flexibility index (Phi) is 25.7. The number of nitrogens with zero attached hydrogens (tertiary/aromatic N) is 2. The lowest BCUT2D eigenvalue weighted by Gasteiger charge is -2.37. The van der Waals surface area contributed by atoms with Gasteiger partial charge >= 0.3 is 5.97 Å². The number of imidazole rings is 1. The van der Waals surface area contributed by atoms with Crippen LogP contribution in [0.25, 0.3) is 21.8 Å². The number of unbranched alkanes of at least 4 members (excludes halogenated alkanes) is 1. The highest BCUT2D eigenvalue weighted by atomic mass is 32.1. The third-order valence-corrected chi connectivity index (χ3v) is 17.0. The predicted octanol–water partition coefficient (Wildman–Crippen LogP) is 1.34. The number of nitrogens with two attached hydrogens (primary N) is 2. The van der Waals surface area contributed by atoms with Crippen molar-refractivity contribution in [1.82, 2.24) is 62.1 Å². The van der Waals surface area contributed by atoms with Gasteiger partial charge in [-0.3, -0.25) is 52.7 Å². The van der Waals surface area contributed by atoms with Gasteiger partial charge in [0.25, 0.3) is 0 Å². The van der Waals surface area contributed by atoms with Crippen LogP contribution in [-0.4, -0.2) is 172 Å². The van der Waals surface area contributed by atoms with Crippen LogP contribution < -0.4 is 48.7 Å². The Labute approximate surface area is 549 Å². The summed E-state index contributed by atoms with van der Waals surface area (Å²) in [6.45, 7) is 3.18. The van der Waals surface area contributed by atoms with Crippen molar-refractivity contribution in [2.75, 3.05) is 24.6 Å². The van der Waals surface area contributed by atoms with Crippen molar-refractivity contribution in [2.24, 2.45) is 17.4 Å². The first-order valence-electron chi connectivity index (χ1n) is 30.5. The van der Waals surface area contributed by atoms with E-state index in [1.54, 1.807) is 0 Å². The van der Waals surface area contributed by atoms with Crippen molar-refractivity contribution in [3.63, 3.8) is 0 Å². The SMILES string of the molecule is C[C@@H](NC(=O)[C@H](CCCCN)CC(=O)CCS)C(=O)N[C@@H](Cc1c[nH]c2ccc(F)cc12)C(=O)N[C@@H](Cc1c[nH]c2ccc(F)cc12)C(=O)N[C@@H](CC(=O)O)C(=O)N[C@@H](Cc1cnc[nH]1)C(=O)N[C@@H](Cc1ccc(O)cc1)C(=O)N1CCC[C@@]1(C)C(=O)N[C@@H](CS)C(N)=O. The monoisotopic (exact) mass is 1340 g/mol. The highest BCUT2D eigenvalue weighted by molar-refractivity contribution is 7.80. The molecule has 9 atom stereocenters. The minimum absolute atomic E-state index is 0.0230. The zero-order chi connectivity index (χ0) is 68.4. The molecule has 0 unspecified atom stereocenters. The largest absolute Gasteiger partial charge is 0.508 e. The van der Waals surface area contributed by atoms with Crippen LogP contribution in [0, 0.1) is 17.6 Å². The number of carboxylic acids is 1. The number of nitrogens with one attached hydrogen (secondary N) is 10. The van der Waals surface area contributed by atoms with Crippen molar-refractivity contribution < 1.29 is 71.7 Å². The number of aromatic hydroxyl groups is 1. The zero-order valence-electron chi connectivity index (χ0n) is 51.6. The van der Waals surface area contributed by atoms with Crippen LogP contribution in [0.5, 0.6) is 5.75 Å². The Morgan fingerprint density at radius 1 is 0.670 bits per heavy atom. The second-order valence-electron chi connectivity index (χ2n) is 23.4. The predicted molar refractivity (Wildman–Crippen MR) is 346 cm³/mol. The second-order valence-corrected chi connectivity index (χ2v) is 24.2. The number of halogens is 2. The van der Waals surface area contributed by atoms with Gasteiger partial charge < -0.3 is 78.7 Å². The number of hydrogen-bond donors (Lipinski definition) is 16. The Bertz CT molecular complexity index is 3720. The number of aromatic amines is 3. The summed E-state index contributed by atoms with van der Waals surface area (Å²) < 4.78 is 29.7. The lowest BCUT2D eigenvalue weighted by molar-refractivity contribution is -0.147. The van der Waals surface area contributed by atoms with E-state index in [-0.39, 0.29) is 91.2 Å². The van der Waals surface area contributed by atoms with Gasteiger partial charge in [-0.25, -0.2) is 13.8 Å². The lowest BCUT2D eigenvalue weighted by Crippen LogP contribution is -2.63. The van der Waals surface area contributed by atoms with E-state index in [0.717, 1.165) is 6.07 Å². The molecular weight excluding hydrogens is 1260 g/mol. The Morgan fingerprint density at radius 2 is 1.22 bits per heavy atom. The molecule has 0 bridgehead atoms. The molecule has 3 aromatic carbocycles. The van der Waals surface area contributed by atoms with Gasteiger partial charge in [-0.1, -0.05) is 18.6 Å². The maximum atomic E-state index is 15.0. The topological polar surface area (TPSA) is 428 Å². The van der Waals surface area contributed by atoms with E-state index < -0.39 is 137 Å². The van der Waals surface area contributed by atoms with Crippen LogP contribution in [0.15, 0.2) is 85.6 Å². The number of aliphatic carboxylic acids is 1. The zero-order valence-corrected chi connectivity index (χ0v) is 53.4. The van der Waals surface area contributed by atoms with Gasteiger partial charge in [0.1, 0.15) is 71.0 Å². The smallest absolute Gasteiger partial charge is 0.305 e. The average molecular weight is 1340 g/mol. The van der Waals surface area contributed by atoms with Gasteiger partial charge in [-0.15, -0.1) is 0 Å². The first kappa shape index (κ1) is 72.1. The van der Waals surface area contributed by atoms with E-state index in [1.165, 1.54) is 98.3 Å². The van der Waals surface area contributed by atoms with Crippen molar-refractivity contribution in [1.29, 1.82) is 0 Å². The Hall–Kier alpha value is -9.36. The molecule has 94 heavy (non-hydrogen) atoms. The van der Waals surface area contributed by atoms with Crippen molar-refractivity contribution in [2.45, 2.75) is 139 Å². The van der Waals surface area contributed by atoms with Crippen LogP contribution in [0.1, 0.15) is 87.6 Å². The van der Waals surface area contributed by atoms with Gasteiger partial charge in [0, 0.05) is 103 Å². The van der Waals surface area contributed by atoms with Crippen LogP contribution in [0.2, 0.25) is 0 Å². The molecular formula is C63H78F2N14O13S2. The number of aromatic nitrogens is 4. The molecule has 4 heterocycles. The van der Waals surface area contributed by atoms with E-state index in [1.807, 2.05) is 0 Å². The third-order valence-electron chi connectivity index (χ3n) is 16.4. The quantitative estimate of drug-likeness (QED) is 0.0197. The van der Waals surface area contributed by atoms with Crippen LogP contribution in [0.4, 0.5) is 8.78 Å². The number of phenolic OH excluding ortho intramolecular Hbond substituents is 1. The fourth-order valence-corrected chi connectivity index (χ4v) is 11.7. The lowest BCUT2D eigenvalue weighted by atomic mass is 9.94. The summed E-state index contributed by atoms with van der Waals surface area (Å²) in [5, 5.41) is 39.0. The van der Waals surface area contributed by atoms with E-state index in [2.05, 4.69) is 82.4 Å². The minimum Gasteiger partial charge on any atom is -0.508 e. The third kappa shape index (κ3) is 19.4. The normalized spacial score (nSPS) is 16.3. The molecule has 27 nitrogen and oxygen atoms in total. The molecule has 0 aliphatic carbocycles. The molecule has 3 aromatic heterocycles. The van der Waals surface area contributed by atoms with E-state index in [4.69, 9.17) is 11.5 Å². The van der Waals surface area contributed by atoms with Crippen LogP contribution >= 0.6 is 25.3 Å². The molecule has 1 fully saturated rings. The molecule has 0 saturated carbocycles. The number of rotatable bonds is 35. The van der Waals surface area contributed by atoms with Gasteiger partial charge in [0.2, 0.25) is 53.2 Å². The van der Waals surface area contributed by atoms with E-state index >= 15 is 9.59 Å². The molecule has 7 rings (SSSR count). The number of thiol groups is 2. The fourth-order valence-electron chi connectivity index (χ4n) is 11.2. The van der Waals surface area contributed by atoms with E-state index in [9.17, 15) is 62.1 Å². The fraction of sp³-hybridized carbons (Fsp3) is 0.429. The van der Waals surface area contributed by atoms with Crippen LogP contribution in [0.3, 0.4) is 0 Å². The Balaban J connectivity index is 1.19. The maximum absolute atomic E-state index is 15.0. The number of carbonyl (C=O) groups is 11. The molecule has 9 amide bonds. The number of phenols is 1. The standard InChI is InChI=1S/C63H78F2N14O13S2/c1-33(72-56(86)35(6-3-4-17-66)21-42(81)15-19-93)55(85)73-47(22-36-28-69-45-13-9-38(64)24-43(36)45)57(87)74-48(23-37-29-70-46-14-10-39(65)25-44(37)46)58(88)76-50(27-53(82)83)60(90)75-49(26-40-30-68-32-71-40)59(89)77-51(20-34-7-11-41(80)12-8-34)61(91)79-18-5-16-63(79,2)62(92)78-52(31-94)54(67)84/h7-14,24-25,28-30,32-33,35,47-52,69-70,80,93-94H,3-6,15-23,26-27,31,66H2,1-2H3,(H2,67,84)(H,68,71)(H,72,86)(H,73,85)(H,74,87)(H,75,90)(H,76,88)(H,77,89)(H,78,92)(H,82,83)/t33-,35-,47+,48+,49+,50+,51+,52+,63+/m1/s1. The summed E-state index contributed by atoms with van der Waals surface area (Å²) in [5.74, 6) is -12.4. The number of primary amides is 1. The highest BCUT2D eigenvalue weighted by Gasteiger charge is 2.48. The molecule has 0 spiro atoms. The minimum atomic E-state index is -2.05. The number of benzene rings is 3. The van der Waals surface area contributed by atoms with Gasteiger partial charge in [0.15, 0.2) is 0 Å². The summed E-state index contributed by atoms with van der Waals surface area (Å²) in [7, 11) is 0. The number of ketones is 1. The second kappa shape index (κ2) is 33.5. The van der Waals surface area contributed by atoms with Gasteiger partial charge in [0.05, 0.1) is 12.7 Å². The van der Waals surface area contributed by atoms with Gasteiger partial charge in [-0.2, -0.15) is 25.3 Å². The maximum Gasteiger partial charge on any atom is 0.305 e. The number of H-pyrrole nitrogens is 3. The van der Waals surface area contributed by atoms with Crippen LogP contribution in [-0.2, 0) is 78.4 Å². The molecule has 1 aliphatic heterocycles. The highest BCUT2D eigenvalue weighted by Crippen LogP contribution is 2.31. The Morgan fingerprint density at radius 3 is 1.76 bits per heavy atom. The van der Waals surface area contributed by atoms with Crippen molar-refractivity contribution in [3.8, 4) is 5.75 Å². The molecule has 0 radical (unpaired) electrons. The number of Topliss-reactive ketones (excluding diaryl/α,β-unsaturated/α-hetero) is 1. The van der Waals surface area contributed by atoms with Gasteiger partial charge in [-0.05, 0) is 117 Å². The molecule has 6 aromatic rings. The summed E-state index contributed by atoms with van der Waals surface area (Å²) in [6.07, 6.45) is 4.65. The van der Waals surface area contributed by atoms with E-state index in [0.29, 0.717) is 53.4 Å². The molecule has 504 valence electrons.